The molecular weight excluding hydrogens is 353 g/mol. The number of aromatic nitrogens is 2. The summed E-state index contributed by atoms with van der Waals surface area (Å²) in [6.07, 6.45) is 0.780. The SMILES string of the molecule is Cc1cccnc1-c1cc2c(cn1)C=NN(c1ccc(C(F)(F)F)cc1)C2. The summed E-state index contributed by atoms with van der Waals surface area (Å²) in [4.78, 5) is 8.85. The van der Waals surface area contributed by atoms with Crippen LogP contribution in [0.3, 0.4) is 0 Å². The Labute approximate surface area is 154 Å². The number of rotatable bonds is 2. The Balaban J connectivity index is 1.63. The van der Waals surface area contributed by atoms with Gasteiger partial charge >= 0.3 is 6.18 Å². The summed E-state index contributed by atoms with van der Waals surface area (Å²) in [6, 6.07) is 10.8. The number of nitrogens with zero attached hydrogens (tertiary/aromatic N) is 4. The van der Waals surface area contributed by atoms with Gasteiger partial charge in [0.1, 0.15) is 0 Å². The Bertz CT molecular complexity index is 1010. The molecule has 0 saturated carbocycles. The highest BCUT2D eigenvalue weighted by atomic mass is 19.4. The highest BCUT2D eigenvalue weighted by Crippen LogP contribution is 2.32. The zero-order valence-electron chi connectivity index (χ0n) is 14.4. The first-order valence-corrected chi connectivity index (χ1v) is 8.31. The van der Waals surface area contributed by atoms with Crippen LogP contribution in [0.5, 0.6) is 0 Å². The highest BCUT2D eigenvalue weighted by Gasteiger charge is 2.30. The fourth-order valence-corrected chi connectivity index (χ4v) is 2.96. The molecule has 0 bridgehead atoms. The summed E-state index contributed by atoms with van der Waals surface area (Å²) in [5, 5.41) is 5.99. The standard InChI is InChI=1S/C20H15F3N4/c1-13-3-2-8-24-19(13)18-9-14-12-27(26-11-15(14)10-25-18)17-6-4-16(5-7-17)20(21,22)23/h2-11H,12H2,1H3. The lowest BCUT2D eigenvalue weighted by Gasteiger charge is -2.24. The minimum Gasteiger partial charge on any atom is -0.261 e. The third kappa shape index (κ3) is 3.40. The van der Waals surface area contributed by atoms with E-state index in [0.717, 1.165) is 40.2 Å². The summed E-state index contributed by atoms with van der Waals surface area (Å²) >= 11 is 0. The summed E-state index contributed by atoms with van der Waals surface area (Å²) in [6.45, 7) is 2.41. The van der Waals surface area contributed by atoms with Crippen LogP contribution in [0.2, 0.25) is 0 Å². The molecule has 27 heavy (non-hydrogen) atoms. The predicted molar refractivity (Wildman–Crippen MR) is 97.4 cm³/mol. The van der Waals surface area contributed by atoms with Crippen LogP contribution in [-0.2, 0) is 12.7 Å². The van der Waals surface area contributed by atoms with Crippen molar-refractivity contribution in [2.75, 3.05) is 5.01 Å². The summed E-state index contributed by atoms with van der Waals surface area (Å²) in [5.41, 5.74) is 4.38. The fraction of sp³-hybridized carbons (Fsp3) is 0.150. The fourth-order valence-electron chi connectivity index (χ4n) is 2.96. The molecule has 1 aromatic carbocycles. The zero-order valence-corrected chi connectivity index (χ0v) is 14.4. The van der Waals surface area contributed by atoms with E-state index in [9.17, 15) is 13.2 Å². The molecule has 0 spiro atoms. The smallest absolute Gasteiger partial charge is 0.261 e. The van der Waals surface area contributed by atoms with Gasteiger partial charge in [-0.25, -0.2) is 0 Å². The lowest BCUT2D eigenvalue weighted by Crippen LogP contribution is -2.21. The first-order chi connectivity index (χ1) is 12.9. The van der Waals surface area contributed by atoms with Gasteiger partial charge in [0.25, 0.3) is 0 Å². The van der Waals surface area contributed by atoms with Gasteiger partial charge in [0.05, 0.1) is 35.4 Å². The monoisotopic (exact) mass is 368 g/mol. The molecule has 1 aliphatic rings. The van der Waals surface area contributed by atoms with E-state index in [0.29, 0.717) is 12.2 Å². The molecule has 0 unspecified atom stereocenters. The molecule has 0 aliphatic carbocycles. The number of hydrogen-bond acceptors (Lipinski definition) is 4. The highest BCUT2D eigenvalue weighted by molar-refractivity contribution is 5.84. The van der Waals surface area contributed by atoms with E-state index < -0.39 is 11.7 Å². The van der Waals surface area contributed by atoms with Crippen molar-refractivity contribution in [1.29, 1.82) is 0 Å². The van der Waals surface area contributed by atoms with Gasteiger partial charge in [-0.15, -0.1) is 0 Å². The van der Waals surface area contributed by atoms with Crippen molar-refractivity contribution >= 4 is 11.9 Å². The maximum absolute atomic E-state index is 12.7. The molecule has 2 aromatic heterocycles. The maximum Gasteiger partial charge on any atom is 0.416 e. The van der Waals surface area contributed by atoms with Crippen LogP contribution < -0.4 is 5.01 Å². The third-order valence-corrected chi connectivity index (χ3v) is 4.43. The number of halogens is 3. The van der Waals surface area contributed by atoms with Crippen molar-refractivity contribution in [3.05, 3.63) is 77.1 Å². The molecule has 3 aromatic rings. The molecule has 0 amide bonds. The third-order valence-electron chi connectivity index (χ3n) is 4.43. The van der Waals surface area contributed by atoms with Crippen LogP contribution in [-0.4, -0.2) is 16.2 Å². The second-order valence-electron chi connectivity index (χ2n) is 6.28. The Kier molecular flexibility index (Phi) is 4.14. The van der Waals surface area contributed by atoms with E-state index in [1.54, 1.807) is 23.6 Å². The second-order valence-corrected chi connectivity index (χ2v) is 6.28. The van der Waals surface area contributed by atoms with Gasteiger partial charge in [-0.2, -0.15) is 18.3 Å². The van der Waals surface area contributed by atoms with Gasteiger partial charge < -0.3 is 0 Å². The first kappa shape index (κ1) is 17.2. The molecule has 136 valence electrons. The molecular formula is C20H15F3N4. The van der Waals surface area contributed by atoms with Crippen LogP contribution in [0, 0.1) is 6.92 Å². The van der Waals surface area contributed by atoms with Gasteiger partial charge in [-0.1, -0.05) is 6.07 Å². The molecule has 4 rings (SSSR count). The van der Waals surface area contributed by atoms with Crippen LogP contribution in [0.15, 0.2) is 60.0 Å². The molecule has 7 heteroatoms. The molecule has 0 N–H and O–H groups in total. The Morgan fingerprint density at radius 1 is 1.04 bits per heavy atom. The van der Waals surface area contributed by atoms with E-state index in [2.05, 4.69) is 15.1 Å². The van der Waals surface area contributed by atoms with Gasteiger partial charge in [0, 0.05) is 18.0 Å². The topological polar surface area (TPSA) is 41.4 Å². The van der Waals surface area contributed by atoms with Gasteiger partial charge in [0.2, 0.25) is 0 Å². The van der Waals surface area contributed by atoms with E-state index >= 15 is 0 Å². The van der Waals surface area contributed by atoms with Crippen LogP contribution >= 0.6 is 0 Å². The number of fused-ring (bicyclic) bond motifs is 1. The van der Waals surface area contributed by atoms with E-state index in [1.807, 2.05) is 25.1 Å². The molecule has 1 aliphatic heterocycles. The van der Waals surface area contributed by atoms with Gasteiger partial charge in [-0.05, 0) is 54.4 Å². The number of aryl methyl sites for hydroxylation is 1. The van der Waals surface area contributed by atoms with E-state index in [-0.39, 0.29) is 0 Å². The minimum absolute atomic E-state index is 0.443. The molecule has 0 atom stereocenters. The van der Waals surface area contributed by atoms with Crippen molar-refractivity contribution < 1.29 is 13.2 Å². The molecule has 0 radical (unpaired) electrons. The van der Waals surface area contributed by atoms with Gasteiger partial charge in [0.15, 0.2) is 0 Å². The van der Waals surface area contributed by atoms with Crippen LogP contribution in [0.25, 0.3) is 11.4 Å². The van der Waals surface area contributed by atoms with Crippen molar-refractivity contribution in [2.24, 2.45) is 5.10 Å². The number of anilines is 1. The Morgan fingerprint density at radius 3 is 2.52 bits per heavy atom. The van der Waals surface area contributed by atoms with E-state index in [4.69, 9.17) is 0 Å². The number of alkyl halides is 3. The Hall–Kier alpha value is -3.22. The zero-order chi connectivity index (χ0) is 19.0. The summed E-state index contributed by atoms with van der Waals surface area (Å²) in [5.74, 6) is 0. The largest absolute Gasteiger partial charge is 0.416 e. The van der Waals surface area contributed by atoms with Crippen LogP contribution in [0.4, 0.5) is 18.9 Å². The quantitative estimate of drug-likeness (QED) is 0.651. The lowest BCUT2D eigenvalue weighted by atomic mass is 10.0. The van der Waals surface area contributed by atoms with E-state index in [1.165, 1.54) is 12.1 Å². The second kappa shape index (κ2) is 6.50. The average molecular weight is 368 g/mol. The number of hydrogen-bond donors (Lipinski definition) is 0. The minimum atomic E-state index is -4.35. The lowest BCUT2D eigenvalue weighted by molar-refractivity contribution is -0.137. The predicted octanol–water partition coefficient (Wildman–Crippen LogP) is 4.82. The Morgan fingerprint density at radius 2 is 1.81 bits per heavy atom. The number of benzene rings is 1. The van der Waals surface area contributed by atoms with Crippen molar-refractivity contribution in [3.63, 3.8) is 0 Å². The first-order valence-electron chi connectivity index (χ1n) is 8.31. The maximum atomic E-state index is 12.7. The summed E-state index contributed by atoms with van der Waals surface area (Å²) in [7, 11) is 0. The average Bonchev–Trinajstić information content (AvgIpc) is 2.67. The molecule has 0 fully saturated rings. The number of hydrazone groups is 1. The van der Waals surface area contributed by atoms with Crippen molar-refractivity contribution in [2.45, 2.75) is 19.6 Å². The van der Waals surface area contributed by atoms with Crippen molar-refractivity contribution in [1.82, 2.24) is 9.97 Å². The van der Waals surface area contributed by atoms with Crippen molar-refractivity contribution in [3.8, 4) is 11.4 Å². The number of pyridine rings is 2. The molecule has 3 heterocycles. The molecule has 0 saturated heterocycles. The van der Waals surface area contributed by atoms with Crippen LogP contribution in [0.1, 0.15) is 22.3 Å². The summed E-state index contributed by atoms with van der Waals surface area (Å²) < 4.78 is 38.2. The normalized spacial score (nSPS) is 13.6. The molecule has 4 nitrogen and oxygen atoms in total. The van der Waals surface area contributed by atoms with Gasteiger partial charge in [-0.3, -0.25) is 15.0 Å².